The molecule has 0 aliphatic carbocycles. The maximum atomic E-state index is 13.8. The number of nitrogens with two attached hydrogens (primary N) is 1. The molecule has 1 heterocycles. The van der Waals surface area contributed by atoms with Crippen LogP contribution in [0.15, 0.2) is 22.7 Å². The Morgan fingerprint density at radius 1 is 1.52 bits per heavy atom. The van der Waals surface area contributed by atoms with Crippen LogP contribution in [-0.4, -0.2) is 17.6 Å². The fraction of sp³-hybridized carbons (Fsp3) is 0.286. The van der Waals surface area contributed by atoms with E-state index in [9.17, 15) is 9.18 Å². The van der Waals surface area contributed by atoms with Crippen molar-refractivity contribution in [1.29, 1.82) is 0 Å². The summed E-state index contributed by atoms with van der Waals surface area (Å²) in [6.07, 6.45) is 1.57. The molecule has 0 radical (unpaired) electrons. The Balaban J connectivity index is 2.18. The van der Waals surface area contributed by atoms with Gasteiger partial charge >= 0.3 is 5.97 Å². The summed E-state index contributed by atoms with van der Waals surface area (Å²) in [6.45, 7) is 3.85. The highest BCUT2D eigenvalue weighted by atomic mass is 19.1. The lowest BCUT2D eigenvalue weighted by Gasteiger charge is -2.10. The van der Waals surface area contributed by atoms with Gasteiger partial charge in [-0.25, -0.2) is 14.2 Å². The molecule has 0 amide bonds. The van der Waals surface area contributed by atoms with Crippen LogP contribution >= 0.6 is 0 Å². The normalized spacial score (nSPS) is 10.4. The predicted molar refractivity (Wildman–Crippen MR) is 75.3 cm³/mol. The summed E-state index contributed by atoms with van der Waals surface area (Å²) in [5.74, 6) is -0.0768. The van der Waals surface area contributed by atoms with Crippen LogP contribution in [0.25, 0.3) is 0 Å². The molecule has 21 heavy (non-hydrogen) atoms. The number of anilines is 2. The van der Waals surface area contributed by atoms with Crippen molar-refractivity contribution in [1.82, 2.24) is 4.98 Å². The van der Waals surface area contributed by atoms with Gasteiger partial charge in [-0.05, 0) is 26.0 Å². The third kappa shape index (κ3) is 3.50. The minimum Gasteiger partial charge on any atom is -0.462 e. The third-order valence-electron chi connectivity index (χ3n) is 2.73. The van der Waals surface area contributed by atoms with Crippen molar-refractivity contribution in [3.63, 3.8) is 0 Å². The van der Waals surface area contributed by atoms with Crippen molar-refractivity contribution in [2.24, 2.45) is 0 Å². The molecule has 0 saturated heterocycles. The summed E-state index contributed by atoms with van der Waals surface area (Å²) >= 11 is 0. The quantitative estimate of drug-likeness (QED) is 0.650. The van der Waals surface area contributed by atoms with Crippen LogP contribution in [0.3, 0.4) is 0 Å². The maximum Gasteiger partial charge on any atom is 0.340 e. The van der Waals surface area contributed by atoms with Crippen molar-refractivity contribution < 1.29 is 18.3 Å². The maximum absolute atomic E-state index is 13.8. The van der Waals surface area contributed by atoms with Gasteiger partial charge in [0.25, 0.3) is 0 Å². The number of oxazole rings is 1. The number of halogens is 1. The molecule has 6 nitrogen and oxygen atoms in total. The number of aryl methyl sites for hydroxylation is 1. The van der Waals surface area contributed by atoms with E-state index in [0.717, 1.165) is 6.07 Å². The van der Waals surface area contributed by atoms with E-state index in [-0.39, 0.29) is 30.1 Å². The van der Waals surface area contributed by atoms with Crippen LogP contribution in [0.2, 0.25) is 0 Å². The standard InChI is InChI=1S/C14H16FN3O3/c1-3-20-14(19)9-4-12(10(15)5-11(9)16)17-7-13-18-6-8(2)21-13/h4-6,17H,3,7,16H2,1-2H3. The topological polar surface area (TPSA) is 90.4 Å². The van der Waals surface area contributed by atoms with Crippen LogP contribution in [-0.2, 0) is 11.3 Å². The number of carbonyl (C=O) groups excluding carboxylic acids is 1. The second-order valence-corrected chi connectivity index (χ2v) is 4.36. The van der Waals surface area contributed by atoms with Gasteiger partial charge in [0, 0.05) is 5.69 Å². The third-order valence-corrected chi connectivity index (χ3v) is 2.73. The lowest BCUT2D eigenvalue weighted by molar-refractivity contribution is 0.0527. The van der Waals surface area contributed by atoms with Gasteiger partial charge in [0.1, 0.15) is 11.6 Å². The lowest BCUT2D eigenvalue weighted by Crippen LogP contribution is -2.10. The Kier molecular flexibility index (Phi) is 4.42. The average molecular weight is 293 g/mol. The SMILES string of the molecule is CCOC(=O)c1cc(NCc2ncc(C)o2)c(F)cc1N. The second kappa shape index (κ2) is 6.25. The molecular formula is C14H16FN3O3. The highest BCUT2D eigenvalue weighted by Crippen LogP contribution is 2.23. The molecule has 2 rings (SSSR count). The number of hydrogen-bond donors (Lipinski definition) is 2. The molecule has 0 bridgehead atoms. The Morgan fingerprint density at radius 2 is 2.29 bits per heavy atom. The Hall–Kier alpha value is -2.57. The number of aromatic nitrogens is 1. The molecule has 0 atom stereocenters. The van der Waals surface area contributed by atoms with Gasteiger partial charge in [-0.1, -0.05) is 0 Å². The summed E-state index contributed by atoms with van der Waals surface area (Å²) in [5, 5.41) is 2.81. The van der Waals surface area contributed by atoms with Gasteiger partial charge in [-0.15, -0.1) is 0 Å². The fourth-order valence-corrected chi connectivity index (χ4v) is 1.76. The van der Waals surface area contributed by atoms with Crippen LogP contribution in [0, 0.1) is 12.7 Å². The second-order valence-electron chi connectivity index (χ2n) is 4.36. The number of carbonyl (C=O) groups is 1. The van der Waals surface area contributed by atoms with Gasteiger partial charge in [0.05, 0.1) is 30.6 Å². The molecule has 112 valence electrons. The zero-order valence-electron chi connectivity index (χ0n) is 11.8. The molecule has 0 saturated carbocycles. The van der Waals surface area contributed by atoms with Crippen molar-refractivity contribution in [2.75, 3.05) is 17.7 Å². The molecular weight excluding hydrogens is 277 g/mol. The van der Waals surface area contributed by atoms with Crippen molar-refractivity contribution >= 4 is 17.3 Å². The van der Waals surface area contributed by atoms with Crippen molar-refractivity contribution in [3.8, 4) is 0 Å². The van der Waals surface area contributed by atoms with Gasteiger partial charge in [0.15, 0.2) is 0 Å². The molecule has 0 fully saturated rings. The number of rotatable bonds is 5. The first-order chi connectivity index (χ1) is 10.0. The Morgan fingerprint density at radius 3 is 2.90 bits per heavy atom. The average Bonchev–Trinajstić information content (AvgIpc) is 2.83. The summed E-state index contributed by atoms with van der Waals surface area (Å²) in [6, 6.07) is 2.40. The first kappa shape index (κ1) is 14.8. The molecule has 0 aliphatic heterocycles. The highest BCUT2D eigenvalue weighted by Gasteiger charge is 2.15. The zero-order chi connectivity index (χ0) is 15.4. The number of esters is 1. The molecule has 1 aromatic heterocycles. The van der Waals surface area contributed by atoms with E-state index >= 15 is 0 Å². The molecule has 0 spiro atoms. The minimum absolute atomic E-state index is 0.0310. The van der Waals surface area contributed by atoms with Crippen molar-refractivity contribution in [3.05, 3.63) is 41.4 Å². The van der Waals surface area contributed by atoms with Crippen LogP contribution in [0.5, 0.6) is 0 Å². The summed E-state index contributed by atoms with van der Waals surface area (Å²) < 4.78 is 24.0. The summed E-state index contributed by atoms with van der Waals surface area (Å²) in [5.41, 5.74) is 5.91. The number of nitrogens with zero attached hydrogens (tertiary/aromatic N) is 1. The molecule has 7 heteroatoms. The number of nitrogen functional groups attached to an aromatic ring is 1. The predicted octanol–water partition coefficient (Wildman–Crippen LogP) is 2.49. The van der Waals surface area contributed by atoms with E-state index in [0.29, 0.717) is 11.7 Å². The summed E-state index contributed by atoms with van der Waals surface area (Å²) in [7, 11) is 0. The Labute approximate surface area is 121 Å². The number of nitrogens with one attached hydrogen (secondary N) is 1. The van der Waals surface area contributed by atoms with Gasteiger partial charge < -0.3 is 20.2 Å². The van der Waals surface area contributed by atoms with E-state index in [1.54, 1.807) is 20.0 Å². The molecule has 0 aliphatic rings. The van der Waals surface area contributed by atoms with E-state index in [1.807, 2.05) is 0 Å². The largest absolute Gasteiger partial charge is 0.462 e. The van der Waals surface area contributed by atoms with E-state index in [4.69, 9.17) is 14.9 Å². The van der Waals surface area contributed by atoms with E-state index in [1.165, 1.54) is 6.07 Å². The molecule has 3 N–H and O–H groups in total. The zero-order valence-corrected chi connectivity index (χ0v) is 11.8. The van der Waals surface area contributed by atoms with Gasteiger partial charge in [-0.2, -0.15) is 0 Å². The minimum atomic E-state index is -0.593. The van der Waals surface area contributed by atoms with E-state index < -0.39 is 11.8 Å². The first-order valence-corrected chi connectivity index (χ1v) is 6.42. The van der Waals surface area contributed by atoms with Crippen LogP contribution in [0.1, 0.15) is 28.9 Å². The van der Waals surface area contributed by atoms with Crippen LogP contribution < -0.4 is 11.1 Å². The number of ether oxygens (including phenoxy) is 1. The van der Waals surface area contributed by atoms with E-state index in [2.05, 4.69) is 10.3 Å². The van der Waals surface area contributed by atoms with Crippen molar-refractivity contribution in [2.45, 2.75) is 20.4 Å². The fourth-order valence-electron chi connectivity index (χ4n) is 1.76. The van der Waals surface area contributed by atoms with Gasteiger partial charge in [-0.3, -0.25) is 0 Å². The Bertz CT molecular complexity index is 655. The first-order valence-electron chi connectivity index (χ1n) is 6.42. The smallest absolute Gasteiger partial charge is 0.340 e. The molecule has 1 aromatic carbocycles. The van der Waals surface area contributed by atoms with Crippen LogP contribution in [0.4, 0.5) is 15.8 Å². The molecule has 2 aromatic rings. The number of benzene rings is 1. The number of hydrogen-bond acceptors (Lipinski definition) is 6. The lowest BCUT2D eigenvalue weighted by atomic mass is 10.1. The van der Waals surface area contributed by atoms with Gasteiger partial charge in [0.2, 0.25) is 5.89 Å². The highest BCUT2D eigenvalue weighted by molar-refractivity contribution is 5.96. The monoisotopic (exact) mass is 293 g/mol. The molecule has 0 unspecified atom stereocenters. The summed E-state index contributed by atoms with van der Waals surface area (Å²) in [4.78, 5) is 15.7.